The molecule has 1 aromatic rings. The van der Waals surface area contributed by atoms with Crippen molar-refractivity contribution in [1.29, 1.82) is 0 Å². The Morgan fingerprint density at radius 1 is 1.20 bits per heavy atom. The topological polar surface area (TPSA) is 86.6 Å². The van der Waals surface area contributed by atoms with Crippen LogP contribution in [-0.4, -0.2) is 34.7 Å². The number of amides is 1. The zero-order valence-corrected chi connectivity index (χ0v) is 11.3. The van der Waals surface area contributed by atoms with E-state index in [1.165, 1.54) is 17.5 Å². The molecule has 1 atom stereocenters. The van der Waals surface area contributed by atoms with Crippen LogP contribution in [0.3, 0.4) is 0 Å². The average molecular weight is 277 g/mol. The van der Waals surface area contributed by atoms with Gasteiger partial charge in [0.15, 0.2) is 6.10 Å². The Balaban J connectivity index is 1.91. The number of carboxylic acid groups (broad SMARTS) is 1. The molecule has 0 saturated carbocycles. The molecule has 20 heavy (non-hydrogen) atoms. The largest absolute Gasteiger partial charge is 0.479 e. The van der Waals surface area contributed by atoms with Crippen LogP contribution >= 0.6 is 0 Å². The summed E-state index contributed by atoms with van der Waals surface area (Å²) in [5.74, 6) is -1.50. The van der Waals surface area contributed by atoms with Crippen LogP contribution in [0.15, 0.2) is 18.2 Å². The lowest BCUT2D eigenvalue weighted by Crippen LogP contribution is -2.30. The molecule has 5 heteroatoms. The van der Waals surface area contributed by atoms with E-state index in [1.807, 2.05) is 12.1 Å². The molecule has 3 N–H and O–H groups in total. The maximum absolute atomic E-state index is 11.9. The molecule has 0 radical (unpaired) electrons. The molecule has 1 aromatic carbocycles. The van der Waals surface area contributed by atoms with Gasteiger partial charge in [0.2, 0.25) is 0 Å². The first-order valence-corrected chi connectivity index (χ1v) is 6.89. The second-order valence-corrected chi connectivity index (χ2v) is 5.09. The van der Waals surface area contributed by atoms with E-state index in [0.717, 1.165) is 19.3 Å². The fourth-order valence-corrected chi connectivity index (χ4v) is 2.42. The number of aliphatic hydroxyl groups is 1. The lowest BCUT2D eigenvalue weighted by Gasteiger charge is -2.16. The third-order valence-electron chi connectivity index (χ3n) is 3.60. The minimum Gasteiger partial charge on any atom is -0.479 e. The van der Waals surface area contributed by atoms with Gasteiger partial charge in [0, 0.05) is 18.5 Å². The third-order valence-corrected chi connectivity index (χ3v) is 3.60. The van der Waals surface area contributed by atoms with Crippen LogP contribution in [0.1, 0.15) is 40.7 Å². The van der Waals surface area contributed by atoms with Crippen LogP contribution in [0.5, 0.6) is 0 Å². The Bertz CT molecular complexity index is 513. The standard InChI is InChI=1S/C15H19NO4/c17-13(15(19)20)7-8-16-14(18)12-6-5-10-3-1-2-4-11(10)9-12/h5-6,9,13,17H,1-4,7-8H2,(H,16,18)(H,19,20). The lowest BCUT2D eigenvalue weighted by atomic mass is 9.90. The predicted molar refractivity (Wildman–Crippen MR) is 73.7 cm³/mol. The maximum atomic E-state index is 11.9. The fourth-order valence-electron chi connectivity index (χ4n) is 2.42. The highest BCUT2D eigenvalue weighted by molar-refractivity contribution is 5.94. The number of aliphatic hydroxyl groups excluding tert-OH is 1. The summed E-state index contributed by atoms with van der Waals surface area (Å²) in [6.07, 6.45) is 3.01. The molecular formula is C15H19NO4. The highest BCUT2D eigenvalue weighted by Crippen LogP contribution is 2.22. The highest BCUT2D eigenvalue weighted by atomic mass is 16.4. The van der Waals surface area contributed by atoms with Crippen molar-refractivity contribution in [1.82, 2.24) is 5.32 Å². The number of benzene rings is 1. The lowest BCUT2D eigenvalue weighted by molar-refractivity contribution is -0.146. The Labute approximate surface area is 117 Å². The molecule has 1 aliphatic rings. The van der Waals surface area contributed by atoms with Crippen LogP contribution < -0.4 is 5.32 Å². The van der Waals surface area contributed by atoms with Gasteiger partial charge in [-0.25, -0.2) is 4.79 Å². The molecule has 1 amide bonds. The Kier molecular flexibility index (Phi) is 4.74. The number of carbonyl (C=O) groups excluding carboxylic acids is 1. The summed E-state index contributed by atoms with van der Waals surface area (Å²) in [7, 11) is 0. The average Bonchev–Trinajstić information content (AvgIpc) is 2.46. The number of carbonyl (C=O) groups is 2. The van der Waals surface area contributed by atoms with E-state index in [4.69, 9.17) is 10.2 Å². The predicted octanol–water partition coefficient (Wildman–Crippen LogP) is 1.13. The van der Waals surface area contributed by atoms with E-state index in [-0.39, 0.29) is 18.9 Å². The Morgan fingerprint density at radius 3 is 2.60 bits per heavy atom. The van der Waals surface area contributed by atoms with Crippen LogP contribution in [0.25, 0.3) is 0 Å². The molecule has 5 nitrogen and oxygen atoms in total. The maximum Gasteiger partial charge on any atom is 0.332 e. The fraction of sp³-hybridized carbons (Fsp3) is 0.467. The van der Waals surface area contributed by atoms with Crippen LogP contribution in [0.2, 0.25) is 0 Å². The molecule has 0 saturated heterocycles. The second kappa shape index (κ2) is 6.52. The van der Waals surface area contributed by atoms with Crippen molar-refractivity contribution >= 4 is 11.9 Å². The van der Waals surface area contributed by atoms with Crippen molar-refractivity contribution in [2.24, 2.45) is 0 Å². The van der Waals surface area contributed by atoms with Crippen molar-refractivity contribution < 1.29 is 19.8 Å². The summed E-state index contributed by atoms with van der Waals surface area (Å²) in [4.78, 5) is 22.4. The molecule has 0 heterocycles. The van der Waals surface area contributed by atoms with Crippen molar-refractivity contribution in [3.05, 3.63) is 34.9 Å². The molecular weight excluding hydrogens is 258 g/mol. The van der Waals surface area contributed by atoms with E-state index in [1.54, 1.807) is 6.07 Å². The van der Waals surface area contributed by atoms with E-state index >= 15 is 0 Å². The molecule has 0 aliphatic heterocycles. The van der Waals surface area contributed by atoms with E-state index in [0.29, 0.717) is 5.56 Å². The number of aryl methyl sites for hydroxylation is 2. The van der Waals surface area contributed by atoms with Gasteiger partial charge < -0.3 is 15.5 Å². The van der Waals surface area contributed by atoms with Crippen molar-refractivity contribution in [3.63, 3.8) is 0 Å². The van der Waals surface area contributed by atoms with Gasteiger partial charge in [-0.1, -0.05) is 6.07 Å². The minimum atomic E-state index is -1.43. The van der Waals surface area contributed by atoms with E-state index < -0.39 is 12.1 Å². The van der Waals surface area contributed by atoms with Gasteiger partial charge in [-0.15, -0.1) is 0 Å². The van der Waals surface area contributed by atoms with Gasteiger partial charge >= 0.3 is 5.97 Å². The van der Waals surface area contributed by atoms with Gasteiger partial charge in [-0.05, 0) is 48.9 Å². The van der Waals surface area contributed by atoms with Gasteiger partial charge in [0.1, 0.15) is 0 Å². The smallest absolute Gasteiger partial charge is 0.332 e. The Hall–Kier alpha value is -1.88. The first kappa shape index (κ1) is 14.5. The summed E-state index contributed by atoms with van der Waals surface area (Å²) in [5.41, 5.74) is 3.14. The summed E-state index contributed by atoms with van der Waals surface area (Å²) < 4.78 is 0. The normalized spacial score (nSPS) is 15.2. The molecule has 0 spiro atoms. The number of carboxylic acids is 1. The molecule has 0 bridgehead atoms. The van der Waals surface area contributed by atoms with E-state index in [2.05, 4.69) is 5.32 Å². The van der Waals surface area contributed by atoms with E-state index in [9.17, 15) is 9.59 Å². The van der Waals surface area contributed by atoms with Crippen molar-refractivity contribution in [3.8, 4) is 0 Å². The first-order chi connectivity index (χ1) is 9.58. The monoisotopic (exact) mass is 277 g/mol. The first-order valence-electron chi connectivity index (χ1n) is 6.89. The van der Waals surface area contributed by atoms with Crippen molar-refractivity contribution in [2.75, 3.05) is 6.54 Å². The van der Waals surface area contributed by atoms with Gasteiger partial charge in [-0.2, -0.15) is 0 Å². The number of hydrogen-bond acceptors (Lipinski definition) is 3. The van der Waals surface area contributed by atoms with Crippen LogP contribution in [0.4, 0.5) is 0 Å². The van der Waals surface area contributed by atoms with Crippen LogP contribution in [0, 0.1) is 0 Å². The molecule has 1 aliphatic carbocycles. The number of aliphatic carboxylic acids is 1. The zero-order chi connectivity index (χ0) is 14.5. The SMILES string of the molecule is O=C(NCCC(O)C(=O)O)c1ccc2c(c1)CCCC2. The Morgan fingerprint density at radius 2 is 1.90 bits per heavy atom. The number of fused-ring (bicyclic) bond motifs is 1. The molecule has 2 rings (SSSR count). The number of rotatable bonds is 5. The van der Waals surface area contributed by atoms with Gasteiger partial charge in [0.25, 0.3) is 5.91 Å². The summed E-state index contributed by atoms with van der Waals surface area (Å²) >= 11 is 0. The third kappa shape index (κ3) is 3.57. The van der Waals surface area contributed by atoms with Crippen LogP contribution in [-0.2, 0) is 17.6 Å². The van der Waals surface area contributed by atoms with Gasteiger partial charge in [0.05, 0.1) is 0 Å². The van der Waals surface area contributed by atoms with Crippen molar-refractivity contribution in [2.45, 2.75) is 38.2 Å². The number of hydrogen-bond donors (Lipinski definition) is 3. The summed E-state index contributed by atoms with van der Waals surface area (Å²) in [6.45, 7) is 0.142. The zero-order valence-electron chi connectivity index (χ0n) is 11.3. The van der Waals surface area contributed by atoms with Gasteiger partial charge in [-0.3, -0.25) is 4.79 Å². The highest BCUT2D eigenvalue weighted by Gasteiger charge is 2.15. The molecule has 0 aromatic heterocycles. The minimum absolute atomic E-state index is 0.00597. The summed E-state index contributed by atoms with van der Waals surface area (Å²) in [5, 5.41) is 20.3. The second-order valence-electron chi connectivity index (χ2n) is 5.09. The summed E-state index contributed by atoms with van der Waals surface area (Å²) in [6, 6.07) is 5.71. The number of nitrogens with one attached hydrogen (secondary N) is 1. The quantitative estimate of drug-likeness (QED) is 0.753. The molecule has 108 valence electrons. The molecule has 1 unspecified atom stereocenters. The molecule has 0 fully saturated rings.